The van der Waals surface area contributed by atoms with E-state index in [0.717, 1.165) is 11.4 Å². The Hall–Kier alpha value is -2.49. The molecule has 0 spiro atoms. The Morgan fingerprint density at radius 1 is 1.05 bits per heavy atom. The number of nitrogens with two attached hydrogens (primary N) is 1. The standard InChI is InChI=1S/C16H17N3O/c1-10-6-11(2)8-13(7-10)19-9-14(17)16(18-19)15-5-4-12(3)20-15/h4-9H,17H2,1-3H3. The van der Waals surface area contributed by atoms with Crippen LogP contribution >= 0.6 is 0 Å². The third kappa shape index (κ3) is 2.20. The molecule has 0 saturated carbocycles. The molecule has 0 atom stereocenters. The number of furan rings is 1. The molecule has 0 aliphatic carbocycles. The molecule has 0 saturated heterocycles. The first kappa shape index (κ1) is 12.5. The van der Waals surface area contributed by atoms with E-state index in [2.05, 4.69) is 37.1 Å². The van der Waals surface area contributed by atoms with Crippen molar-refractivity contribution in [2.75, 3.05) is 5.73 Å². The van der Waals surface area contributed by atoms with Gasteiger partial charge in [0.25, 0.3) is 0 Å². The van der Waals surface area contributed by atoms with Crippen molar-refractivity contribution in [1.82, 2.24) is 9.78 Å². The Kier molecular flexibility index (Phi) is 2.86. The first-order valence-corrected chi connectivity index (χ1v) is 6.53. The number of hydrogen-bond acceptors (Lipinski definition) is 3. The summed E-state index contributed by atoms with van der Waals surface area (Å²) in [7, 11) is 0. The molecule has 2 N–H and O–H groups in total. The van der Waals surface area contributed by atoms with Gasteiger partial charge < -0.3 is 10.2 Å². The Bertz CT molecular complexity index is 748. The predicted molar refractivity (Wildman–Crippen MR) is 79.9 cm³/mol. The lowest BCUT2D eigenvalue weighted by Crippen LogP contribution is -1.96. The highest BCUT2D eigenvalue weighted by molar-refractivity contribution is 5.68. The molecule has 3 aromatic rings. The van der Waals surface area contributed by atoms with E-state index in [4.69, 9.17) is 10.2 Å². The molecule has 4 heteroatoms. The van der Waals surface area contributed by atoms with Crippen LogP contribution in [-0.4, -0.2) is 9.78 Å². The van der Waals surface area contributed by atoms with Crippen molar-refractivity contribution in [3.63, 3.8) is 0 Å². The van der Waals surface area contributed by atoms with Gasteiger partial charge in [-0.2, -0.15) is 5.10 Å². The lowest BCUT2D eigenvalue weighted by molar-refractivity contribution is 0.546. The number of rotatable bonds is 2. The second kappa shape index (κ2) is 4.56. The molecule has 3 rings (SSSR count). The van der Waals surface area contributed by atoms with E-state index in [0.29, 0.717) is 17.1 Å². The van der Waals surface area contributed by atoms with Crippen LogP contribution in [0.5, 0.6) is 0 Å². The maximum absolute atomic E-state index is 6.05. The maximum Gasteiger partial charge on any atom is 0.156 e. The first-order valence-electron chi connectivity index (χ1n) is 6.53. The van der Waals surface area contributed by atoms with E-state index in [1.807, 2.05) is 25.3 Å². The average molecular weight is 267 g/mol. The SMILES string of the molecule is Cc1cc(C)cc(-n2cc(N)c(-c3ccc(C)o3)n2)c1. The van der Waals surface area contributed by atoms with Gasteiger partial charge in [-0.3, -0.25) is 0 Å². The summed E-state index contributed by atoms with van der Waals surface area (Å²) < 4.78 is 7.39. The topological polar surface area (TPSA) is 57.0 Å². The number of nitrogen functional groups attached to an aromatic ring is 1. The molecule has 0 unspecified atom stereocenters. The number of benzene rings is 1. The van der Waals surface area contributed by atoms with Crippen molar-refractivity contribution in [2.24, 2.45) is 0 Å². The highest BCUT2D eigenvalue weighted by atomic mass is 16.3. The minimum Gasteiger partial charge on any atom is -0.460 e. The highest BCUT2D eigenvalue weighted by Gasteiger charge is 2.13. The third-order valence-electron chi connectivity index (χ3n) is 3.19. The molecule has 2 aromatic heterocycles. The molecule has 0 amide bonds. The van der Waals surface area contributed by atoms with Crippen LogP contribution in [0.2, 0.25) is 0 Å². The van der Waals surface area contributed by atoms with Crippen LogP contribution in [0.1, 0.15) is 16.9 Å². The fourth-order valence-corrected chi connectivity index (χ4v) is 2.36. The summed E-state index contributed by atoms with van der Waals surface area (Å²) in [5.41, 5.74) is 10.7. The van der Waals surface area contributed by atoms with Crippen LogP contribution in [0, 0.1) is 20.8 Å². The van der Waals surface area contributed by atoms with Gasteiger partial charge in [-0.15, -0.1) is 0 Å². The van der Waals surface area contributed by atoms with E-state index in [-0.39, 0.29) is 0 Å². The van der Waals surface area contributed by atoms with Crippen molar-refractivity contribution in [3.05, 3.63) is 53.4 Å². The molecule has 4 nitrogen and oxygen atoms in total. The van der Waals surface area contributed by atoms with Gasteiger partial charge in [0.1, 0.15) is 5.76 Å². The minimum absolute atomic E-state index is 0.610. The van der Waals surface area contributed by atoms with Gasteiger partial charge in [-0.05, 0) is 56.2 Å². The normalized spacial score (nSPS) is 10.9. The van der Waals surface area contributed by atoms with Crippen molar-refractivity contribution in [3.8, 4) is 17.1 Å². The lowest BCUT2D eigenvalue weighted by Gasteiger charge is -2.04. The van der Waals surface area contributed by atoms with Gasteiger partial charge in [-0.25, -0.2) is 4.68 Å². The second-order valence-corrected chi connectivity index (χ2v) is 5.13. The zero-order valence-electron chi connectivity index (χ0n) is 11.8. The molecule has 2 heterocycles. The molecule has 0 radical (unpaired) electrons. The van der Waals surface area contributed by atoms with E-state index in [1.54, 1.807) is 4.68 Å². The zero-order chi connectivity index (χ0) is 14.3. The molecule has 1 aromatic carbocycles. The summed E-state index contributed by atoms with van der Waals surface area (Å²) in [6.07, 6.45) is 1.82. The quantitative estimate of drug-likeness (QED) is 0.771. The Morgan fingerprint density at radius 3 is 2.35 bits per heavy atom. The molecule has 0 fully saturated rings. The number of nitrogens with zero attached hydrogens (tertiary/aromatic N) is 2. The van der Waals surface area contributed by atoms with Gasteiger partial charge in [0.15, 0.2) is 11.5 Å². The largest absolute Gasteiger partial charge is 0.460 e. The van der Waals surface area contributed by atoms with Crippen molar-refractivity contribution in [2.45, 2.75) is 20.8 Å². The van der Waals surface area contributed by atoms with Crippen LogP contribution in [0.4, 0.5) is 5.69 Å². The molecule has 0 bridgehead atoms. The molecule has 102 valence electrons. The number of hydrogen-bond donors (Lipinski definition) is 1. The number of aromatic nitrogens is 2. The van der Waals surface area contributed by atoms with E-state index < -0.39 is 0 Å². The summed E-state index contributed by atoms with van der Waals surface area (Å²) >= 11 is 0. The fourth-order valence-electron chi connectivity index (χ4n) is 2.36. The summed E-state index contributed by atoms with van der Waals surface area (Å²) in [6, 6.07) is 10.1. The van der Waals surface area contributed by atoms with Crippen LogP contribution in [0.3, 0.4) is 0 Å². The van der Waals surface area contributed by atoms with Crippen LogP contribution < -0.4 is 5.73 Å². The van der Waals surface area contributed by atoms with E-state index in [1.165, 1.54) is 11.1 Å². The highest BCUT2D eigenvalue weighted by Crippen LogP contribution is 2.27. The van der Waals surface area contributed by atoms with Crippen molar-refractivity contribution in [1.29, 1.82) is 0 Å². The fraction of sp³-hybridized carbons (Fsp3) is 0.188. The third-order valence-corrected chi connectivity index (χ3v) is 3.19. The molecule has 0 aliphatic heterocycles. The zero-order valence-corrected chi connectivity index (χ0v) is 11.8. The van der Waals surface area contributed by atoms with Gasteiger partial charge in [0, 0.05) is 0 Å². The predicted octanol–water partition coefficient (Wildman–Crippen LogP) is 3.64. The molecular formula is C16H17N3O. The van der Waals surface area contributed by atoms with Gasteiger partial charge in [0.2, 0.25) is 0 Å². The van der Waals surface area contributed by atoms with E-state index in [9.17, 15) is 0 Å². The first-order chi connectivity index (χ1) is 9.52. The van der Waals surface area contributed by atoms with E-state index >= 15 is 0 Å². The second-order valence-electron chi connectivity index (χ2n) is 5.13. The Morgan fingerprint density at radius 2 is 1.75 bits per heavy atom. The van der Waals surface area contributed by atoms with Crippen LogP contribution in [0.25, 0.3) is 17.1 Å². The monoisotopic (exact) mass is 267 g/mol. The summed E-state index contributed by atoms with van der Waals surface area (Å²) in [4.78, 5) is 0. The Labute approximate surface area is 117 Å². The molecule has 20 heavy (non-hydrogen) atoms. The molecule has 0 aliphatic rings. The van der Waals surface area contributed by atoms with Crippen LogP contribution in [0.15, 0.2) is 40.9 Å². The maximum atomic E-state index is 6.05. The summed E-state index contributed by atoms with van der Waals surface area (Å²) in [5, 5.41) is 4.54. The van der Waals surface area contributed by atoms with Gasteiger partial charge in [0.05, 0.1) is 17.6 Å². The van der Waals surface area contributed by atoms with Crippen LogP contribution in [-0.2, 0) is 0 Å². The number of anilines is 1. The lowest BCUT2D eigenvalue weighted by atomic mass is 10.1. The smallest absolute Gasteiger partial charge is 0.156 e. The minimum atomic E-state index is 0.610. The summed E-state index contributed by atoms with van der Waals surface area (Å²) in [6.45, 7) is 6.04. The Balaban J connectivity index is 2.08. The number of aryl methyl sites for hydroxylation is 3. The molecular weight excluding hydrogens is 250 g/mol. The average Bonchev–Trinajstić information content (AvgIpc) is 2.94. The van der Waals surface area contributed by atoms with Crippen molar-refractivity contribution >= 4 is 5.69 Å². The van der Waals surface area contributed by atoms with Gasteiger partial charge in [-0.1, -0.05) is 6.07 Å². The van der Waals surface area contributed by atoms with Crippen molar-refractivity contribution < 1.29 is 4.42 Å². The van der Waals surface area contributed by atoms with Gasteiger partial charge >= 0.3 is 0 Å². The summed E-state index contributed by atoms with van der Waals surface area (Å²) in [5.74, 6) is 1.54.